The average Bonchev–Trinajstić information content (AvgIpc) is 3.47. The van der Waals surface area contributed by atoms with Gasteiger partial charge in [-0.2, -0.15) is 10.2 Å². The van der Waals surface area contributed by atoms with Crippen molar-refractivity contribution in [3.8, 4) is 11.1 Å². The molecule has 0 spiro atoms. The second kappa shape index (κ2) is 9.72. The van der Waals surface area contributed by atoms with E-state index in [2.05, 4.69) is 69.7 Å². The van der Waals surface area contributed by atoms with Crippen LogP contribution < -0.4 is 5.73 Å². The summed E-state index contributed by atoms with van der Waals surface area (Å²) < 4.78 is 3.93. The first-order valence-electron chi connectivity index (χ1n) is 12.7. The summed E-state index contributed by atoms with van der Waals surface area (Å²) in [7, 11) is 0. The highest BCUT2D eigenvalue weighted by Crippen LogP contribution is 2.32. The normalized spacial score (nSPS) is 15.2. The Labute approximate surface area is 210 Å². The summed E-state index contributed by atoms with van der Waals surface area (Å²) >= 11 is 0. The minimum absolute atomic E-state index is 0.139. The van der Waals surface area contributed by atoms with Crippen LogP contribution in [-0.4, -0.2) is 60.1 Å². The van der Waals surface area contributed by atoms with Gasteiger partial charge in [0.25, 0.3) is 0 Å². The maximum atomic E-state index is 9.76. The molecule has 0 bridgehead atoms. The van der Waals surface area contributed by atoms with E-state index in [9.17, 15) is 5.11 Å². The lowest BCUT2D eigenvalue weighted by atomic mass is 10.0. The molecule has 0 aliphatic carbocycles. The quantitative estimate of drug-likeness (QED) is 0.367. The number of anilines is 1. The molecule has 1 saturated heterocycles. The van der Waals surface area contributed by atoms with Crippen LogP contribution >= 0.6 is 0 Å². The second-order valence-electron chi connectivity index (χ2n) is 9.72. The average molecular weight is 482 g/mol. The third-order valence-corrected chi connectivity index (χ3v) is 7.17. The molecule has 0 amide bonds. The molecule has 6 rings (SSSR count). The van der Waals surface area contributed by atoms with E-state index >= 15 is 0 Å². The Morgan fingerprint density at radius 1 is 1.03 bits per heavy atom. The van der Waals surface area contributed by atoms with E-state index in [0.717, 1.165) is 85.1 Å². The smallest absolute Gasteiger partial charge is 0.151 e. The summed E-state index contributed by atoms with van der Waals surface area (Å²) in [4.78, 5) is 6.71. The van der Waals surface area contributed by atoms with E-state index in [1.165, 1.54) is 11.9 Å². The van der Waals surface area contributed by atoms with Gasteiger partial charge in [0.05, 0.1) is 18.2 Å². The number of hydrogen-bond donors (Lipinski definition) is 2. The Bertz CT molecular complexity index is 1480. The highest BCUT2D eigenvalue weighted by atomic mass is 16.3. The standard InChI is InChI=1S/C28H31N7O/c29-28-27-25(16-23(35(27)31-19-30-28)7-4-12-33-13-10-24(36)11-14-33)21-8-9-22-18-34(32-26(22)15-21)17-20-5-2-1-3-6-20/h1-3,5-6,8-9,15-16,18-19,24,36H,4,7,10-14,17H2,(H2,29,30,31). The zero-order valence-corrected chi connectivity index (χ0v) is 20.3. The van der Waals surface area contributed by atoms with Gasteiger partial charge in [-0.05, 0) is 55.5 Å². The highest BCUT2D eigenvalue weighted by Gasteiger charge is 2.18. The number of aliphatic hydroxyl groups excluding tert-OH is 1. The van der Waals surface area contributed by atoms with E-state index in [0.29, 0.717) is 5.82 Å². The number of aryl methyl sites for hydroxylation is 1. The van der Waals surface area contributed by atoms with Gasteiger partial charge in [-0.1, -0.05) is 42.5 Å². The molecule has 3 N–H and O–H groups in total. The number of piperidine rings is 1. The Hall–Kier alpha value is -3.75. The lowest BCUT2D eigenvalue weighted by molar-refractivity contribution is 0.0821. The van der Waals surface area contributed by atoms with Crippen molar-refractivity contribution in [2.24, 2.45) is 0 Å². The molecule has 1 aliphatic rings. The third kappa shape index (κ3) is 4.57. The number of likely N-dealkylation sites (tertiary alicyclic amines) is 1. The second-order valence-corrected chi connectivity index (χ2v) is 9.72. The zero-order chi connectivity index (χ0) is 24.5. The maximum Gasteiger partial charge on any atom is 0.151 e. The molecular weight excluding hydrogens is 450 g/mol. The molecule has 0 atom stereocenters. The number of nitrogen functional groups attached to an aromatic ring is 1. The van der Waals surface area contributed by atoms with Gasteiger partial charge in [0.15, 0.2) is 5.82 Å². The number of benzene rings is 2. The molecular formula is C28H31N7O. The van der Waals surface area contributed by atoms with Crippen molar-refractivity contribution in [1.82, 2.24) is 29.3 Å². The van der Waals surface area contributed by atoms with E-state index < -0.39 is 0 Å². The summed E-state index contributed by atoms with van der Waals surface area (Å²) in [5, 5.41) is 20.2. The number of nitrogens with two attached hydrogens (primary N) is 1. The molecule has 8 nitrogen and oxygen atoms in total. The Balaban J connectivity index is 1.27. The highest BCUT2D eigenvalue weighted by molar-refractivity contribution is 5.92. The molecule has 0 saturated carbocycles. The van der Waals surface area contributed by atoms with E-state index in [4.69, 9.17) is 10.8 Å². The van der Waals surface area contributed by atoms with Gasteiger partial charge in [-0.25, -0.2) is 9.50 Å². The number of rotatable bonds is 7. The van der Waals surface area contributed by atoms with Crippen molar-refractivity contribution in [2.75, 3.05) is 25.4 Å². The number of aliphatic hydroxyl groups is 1. The summed E-state index contributed by atoms with van der Waals surface area (Å²) in [6, 6.07) is 18.9. The van der Waals surface area contributed by atoms with Gasteiger partial charge >= 0.3 is 0 Å². The molecule has 1 fully saturated rings. The minimum atomic E-state index is -0.139. The minimum Gasteiger partial charge on any atom is -0.393 e. The number of fused-ring (bicyclic) bond motifs is 2. The van der Waals surface area contributed by atoms with Crippen LogP contribution in [0.1, 0.15) is 30.5 Å². The van der Waals surface area contributed by atoms with Gasteiger partial charge in [-0.15, -0.1) is 0 Å². The molecule has 1 aliphatic heterocycles. The van der Waals surface area contributed by atoms with Crippen LogP contribution in [0, 0.1) is 0 Å². The Morgan fingerprint density at radius 3 is 2.69 bits per heavy atom. The lowest BCUT2D eigenvalue weighted by Crippen LogP contribution is -2.36. The molecule has 8 heteroatoms. The Kier molecular flexibility index (Phi) is 6.13. The van der Waals surface area contributed by atoms with Crippen molar-refractivity contribution in [3.63, 3.8) is 0 Å². The van der Waals surface area contributed by atoms with Gasteiger partial charge in [0.1, 0.15) is 11.8 Å². The third-order valence-electron chi connectivity index (χ3n) is 7.17. The molecule has 36 heavy (non-hydrogen) atoms. The van der Waals surface area contributed by atoms with Gasteiger partial charge in [0.2, 0.25) is 0 Å². The predicted molar refractivity (Wildman–Crippen MR) is 142 cm³/mol. The first-order valence-corrected chi connectivity index (χ1v) is 12.7. The van der Waals surface area contributed by atoms with Crippen LogP contribution in [0.2, 0.25) is 0 Å². The van der Waals surface area contributed by atoms with E-state index in [1.807, 2.05) is 15.3 Å². The van der Waals surface area contributed by atoms with Gasteiger partial charge in [0, 0.05) is 35.9 Å². The summed E-state index contributed by atoms with van der Waals surface area (Å²) in [5.74, 6) is 0.478. The zero-order valence-electron chi connectivity index (χ0n) is 20.3. The van der Waals surface area contributed by atoms with Crippen LogP contribution in [0.4, 0.5) is 5.82 Å². The SMILES string of the molecule is Nc1ncnn2c(CCCN3CCC(O)CC3)cc(-c3ccc4cn(Cc5ccccc5)nc4c3)c12. The van der Waals surface area contributed by atoms with E-state index in [1.54, 1.807) is 0 Å². The fourth-order valence-electron chi connectivity index (χ4n) is 5.24. The monoisotopic (exact) mass is 481 g/mol. The fraction of sp³-hybridized carbons (Fsp3) is 0.321. The number of hydrogen-bond acceptors (Lipinski definition) is 6. The van der Waals surface area contributed by atoms with Crippen LogP contribution in [0.5, 0.6) is 0 Å². The van der Waals surface area contributed by atoms with E-state index in [-0.39, 0.29) is 6.10 Å². The lowest BCUT2D eigenvalue weighted by Gasteiger charge is -2.29. The predicted octanol–water partition coefficient (Wildman–Crippen LogP) is 3.77. The summed E-state index contributed by atoms with van der Waals surface area (Å²) in [6.45, 7) is 3.68. The molecule has 0 unspecified atom stereocenters. The topological polar surface area (TPSA) is 97.5 Å². The molecule has 3 aromatic heterocycles. The molecule has 0 radical (unpaired) electrons. The first kappa shape index (κ1) is 22.7. The van der Waals surface area contributed by atoms with Crippen LogP contribution in [-0.2, 0) is 13.0 Å². The summed E-state index contributed by atoms with van der Waals surface area (Å²) in [6.07, 6.45) is 7.12. The largest absolute Gasteiger partial charge is 0.393 e. The summed E-state index contributed by atoms with van der Waals surface area (Å²) in [5.41, 5.74) is 12.6. The molecule has 184 valence electrons. The van der Waals surface area contributed by atoms with Crippen molar-refractivity contribution >= 4 is 22.2 Å². The Morgan fingerprint density at radius 2 is 1.86 bits per heavy atom. The van der Waals surface area contributed by atoms with Gasteiger partial charge < -0.3 is 15.7 Å². The van der Waals surface area contributed by atoms with Crippen molar-refractivity contribution in [2.45, 2.75) is 38.3 Å². The van der Waals surface area contributed by atoms with Crippen LogP contribution in [0.25, 0.3) is 27.5 Å². The van der Waals surface area contributed by atoms with Crippen molar-refractivity contribution in [3.05, 3.63) is 78.4 Å². The molecule has 5 aromatic rings. The van der Waals surface area contributed by atoms with Crippen LogP contribution in [0.15, 0.2) is 67.1 Å². The van der Waals surface area contributed by atoms with Gasteiger partial charge in [-0.3, -0.25) is 4.68 Å². The molecule has 4 heterocycles. The first-order chi connectivity index (χ1) is 17.6. The van der Waals surface area contributed by atoms with Crippen LogP contribution in [0.3, 0.4) is 0 Å². The number of nitrogens with zero attached hydrogens (tertiary/aromatic N) is 6. The van der Waals surface area contributed by atoms with Crippen molar-refractivity contribution in [1.29, 1.82) is 0 Å². The fourth-order valence-corrected chi connectivity index (χ4v) is 5.24. The molecule has 2 aromatic carbocycles. The van der Waals surface area contributed by atoms with Crippen molar-refractivity contribution < 1.29 is 5.11 Å². The maximum absolute atomic E-state index is 9.76. The number of aromatic nitrogens is 5.